The van der Waals surface area contributed by atoms with Crippen molar-refractivity contribution < 1.29 is 0 Å². The summed E-state index contributed by atoms with van der Waals surface area (Å²) < 4.78 is 0. The van der Waals surface area contributed by atoms with E-state index in [0.717, 1.165) is 11.7 Å². The molecule has 2 heteroatoms. The summed E-state index contributed by atoms with van der Waals surface area (Å²) in [7, 11) is 0. The molecule has 60 valence electrons. The van der Waals surface area contributed by atoms with Gasteiger partial charge in [-0.2, -0.15) is 12.6 Å². The molecule has 1 aliphatic rings. The van der Waals surface area contributed by atoms with Crippen molar-refractivity contribution in [3.8, 4) is 0 Å². The summed E-state index contributed by atoms with van der Waals surface area (Å²) in [5, 5.41) is 0. The van der Waals surface area contributed by atoms with Crippen molar-refractivity contribution in [1.29, 1.82) is 0 Å². The molecule has 1 unspecified atom stereocenters. The molecule has 1 atom stereocenters. The van der Waals surface area contributed by atoms with Gasteiger partial charge in [-0.1, -0.05) is 6.92 Å². The normalized spacial score (nSPS) is 23.4. The Hall–Kier alpha value is 0.310. The maximum atomic E-state index is 4.26. The topological polar surface area (TPSA) is 3.24 Å². The summed E-state index contributed by atoms with van der Waals surface area (Å²) >= 11 is 4.26. The number of rotatable bonds is 3. The molecule has 0 spiro atoms. The quantitative estimate of drug-likeness (QED) is 0.613. The van der Waals surface area contributed by atoms with Crippen molar-refractivity contribution in [3.05, 3.63) is 0 Å². The number of hydrogen-bond acceptors (Lipinski definition) is 2. The third-order valence-corrected chi connectivity index (χ3v) is 2.70. The molecule has 10 heavy (non-hydrogen) atoms. The van der Waals surface area contributed by atoms with Crippen LogP contribution in [0.3, 0.4) is 0 Å². The van der Waals surface area contributed by atoms with Crippen LogP contribution in [-0.4, -0.2) is 30.3 Å². The smallest absolute Gasteiger partial charge is 0.00148 e. The molecule has 0 aromatic rings. The number of likely N-dealkylation sites (tertiary alicyclic amines) is 1. The van der Waals surface area contributed by atoms with Gasteiger partial charge >= 0.3 is 0 Å². The van der Waals surface area contributed by atoms with Gasteiger partial charge < -0.3 is 4.90 Å². The minimum atomic E-state index is 0.765. The van der Waals surface area contributed by atoms with E-state index in [2.05, 4.69) is 24.5 Å². The average Bonchev–Trinajstić information content (AvgIpc) is 2.40. The van der Waals surface area contributed by atoms with Gasteiger partial charge in [0.25, 0.3) is 0 Å². The van der Waals surface area contributed by atoms with E-state index in [-0.39, 0.29) is 0 Å². The average molecular weight is 159 g/mol. The molecule has 0 N–H and O–H groups in total. The highest BCUT2D eigenvalue weighted by molar-refractivity contribution is 7.80. The van der Waals surface area contributed by atoms with E-state index in [0.29, 0.717) is 0 Å². The molecular weight excluding hydrogens is 142 g/mol. The second kappa shape index (κ2) is 4.24. The number of nitrogens with zero attached hydrogens (tertiary/aromatic N) is 1. The van der Waals surface area contributed by atoms with Crippen LogP contribution in [0.5, 0.6) is 0 Å². The fourth-order valence-electron chi connectivity index (χ4n) is 1.46. The lowest BCUT2D eigenvalue weighted by atomic mass is 10.2. The second-order valence-corrected chi connectivity index (χ2v) is 3.66. The molecule has 0 aromatic heterocycles. The first kappa shape index (κ1) is 8.41. The van der Waals surface area contributed by atoms with Crippen LogP contribution in [0.4, 0.5) is 0 Å². The SMILES string of the molecule is CC(CS)CN1CCCC1. The lowest BCUT2D eigenvalue weighted by molar-refractivity contribution is 0.301. The Kier molecular flexibility index (Phi) is 3.57. The molecule has 0 aromatic carbocycles. The Morgan fingerprint density at radius 3 is 2.50 bits per heavy atom. The van der Waals surface area contributed by atoms with E-state index in [9.17, 15) is 0 Å². The van der Waals surface area contributed by atoms with E-state index in [4.69, 9.17) is 0 Å². The van der Waals surface area contributed by atoms with Crippen LogP contribution < -0.4 is 0 Å². The molecule has 1 aliphatic heterocycles. The Balaban J connectivity index is 2.11. The zero-order chi connectivity index (χ0) is 7.40. The standard InChI is InChI=1S/C8H17NS/c1-8(7-10)6-9-4-2-3-5-9/h8,10H,2-7H2,1H3. The summed E-state index contributed by atoms with van der Waals surface area (Å²) in [6.45, 7) is 6.16. The number of hydrogen-bond donors (Lipinski definition) is 1. The molecule has 1 heterocycles. The summed E-state index contributed by atoms with van der Waals surface area (Å²) in [5.74, 6) is 1.79. The maximum absolute atomic E-state index is 4.26. The fraction of sp³-hybridized carbons (Fsp3) is 1.00. The first-order valence-electron chi connectivity index (χ1n) is 4.16. The van der Waals surface area contributed by atoms with Crippen molar-refractivity contribution in [1.82, 2.24) is 4.90 Å². The summed E-state index contributed by atoms with van der Waals surface area (Å²) in [4.78, 5) is 2.54. The van der Waals surface area contributed by atoms with E-state index in [1.165, 1.54) is 32.5 Å². The van der Waals surface area contributed by atoms with Crippen LogP contribution in [0.15, 0.2) is 0 Å². The van der Waals surface area contributed by atoms with Gasteiger partial charge in [0.2, 0.25) is 0 Å². The van der Waals surface area contributed by atoms with Gasteiger partial charge in [-0.25, -0.2) is 0 Å². The lowest BCUT2D eigenvalue weighted by Crippen LogP contribution is -2.25. The van der Waals surface area contributed by atoms with E-state index in [1.807, 2.05) is 0 Å². The highest BCUT2D eigenvalue weighted by Crippen LogP contribution is 2.10. The van der Waals surface area contributed by atoms with Crippen LogP contribution >= 0.6 is 12.6 Å². The number of thiol groups is 1. The molecule has 1 rings (SSSR count). The van der Waals surface area contributed by atoms with Gasteiger partial charge in [0.1, 0.15) is 0 Å². The molecule has 0 saturated carbocycles. The van der Waals surface area contributed by atoms with E-state index in [1.54, 1.807) is 0 Å². The van der Waals surface area contributed by atoms with Gasteiger partial charge in [-0.3, -0.25) is 0 Å². The van der Waals surface area contributed by atoms with E-state index >= 15 is 0 Å². The van der Waals surface area contributed by atoms with Crippen molar-refractivity contribution in [2.75, 3.05) is 25.4 Å². The predicted octanol–water partition coefficient (Wildman–Crippen LogP) is 1.65. The van der Waals surface area contributed by atoms with Crippen LogP contribution in [0.2, 0.25) is 0 Å². The molecule has 0 amide bonds. The molecule has 1 fully saturated rings. The van der Waals surface area contributed by atoms with Crippen molar-refractivity contribution in [2.45, 2.75) is 19.8 Å². The zero-order valence-electron chi connectivity index (χ0n) is 6.71. The van der Waals surface area contributed by atoms with E-state index < -0.39 is 0 Å². The molecule has 0 bridgehead atoms. The predicted molar refractivity (Wildman–Crippen MR) is 48.7 cm³/mol. The minimum Gasteiger partial charge on any atom is -0.303 e. The molecule has 1 nitrogen and oxygen atoms in total. The van der Waals surface area contributed by atoms with Crippen molar-refractivity contribution in [3.63, 3.8) is 0 Å². The zero-order valence-corrected chi connectivity index (χ0v) is 7.61. The minimum absolute atomic E-state index is 0.765. The third-order valence-electron chi connectivity index (χ3n) is 2.08. The summed E-state index contributed by atoms with van der Waals surface area (Å²) in [6, 6.07) is 0. The highest BCUT2D eigenvalue weighted by atomic mass is 32.1. The van der Waals surface area contributed by atoms with Crippen molar-refractivity contribution >= 4 is 12.6 Å². The first-order valence-corrected chi connectivity index (χ1v) is 4.79. The molecular formula is C8H17NS. The third kappa shape index (κ3) is 2.51. The Bertz CT molecular complexity index is 89.3. The molecule has 1 saturated heterocycles. The van der Waals surface area contributed by atoms with Crippen molar-refractivity contribution in [2.24, 2.45) is 5.92 Å². The van der Waals surface area contributed by atoms with Gasteiger partial charge in [0, 0.05) is 6.54 Å². The lowest BCUT2D eigenvalue weighted by Gasteiger charge is -2.18. The summed E-state index contributed by atoms with van der Waals surface area (Å²) in [6.07, 6.45) is 2.80. The monoisotopic (exact) mass is 159 g/mol. The van der Waals surface area contributed by atoms with Gasteiger partial charge in [-0.15, -0.1) is 0 Å². The molecule has 0 aliphatic carbocycles. The van der Waals surface area contributed by atoms with Gasteiger partial charge in [0.05, 0.1) is 0 Å². The van der Waals surface area contributed by atoms with Gasteiger partial charge in [0.15, 0.2) is 0 Å². The second-order valence-electron chi connectivity index (χ2n) is 3.30. The van der Waals surface area contributed by atoms with Crippen LogP contribution in [0.1, 0.15) is 19.8 Å². The fourth-order valence-corrected chi connectivity index (χ4v) is 1.58. The highest BCUT2D eigenvalue weighted by Gasteiger charge is 2.12. The summed E-state index contributed by atoms with van der Waals surface area (Å²) in [5.41, 5.74) is 0. The Morgan fingerprint density at radius 1 is 1.40 bits per heavy atom. The van der Waals surface area contributed by atoms with Gasteiger partial charge in [-0.05, 0) is 37.6 Å². The largest absolute Gasteiger partial charge is 0.303 e. The Labute approximate surface area is 69.2 Å². The Morgan fingerprint density at radius 2 is 2.00 bits per heavy atom. The van der Waals surface area contributed by atoms with Crippen LogP contribution in [-0.2, 0) is 0 Å². The van der Waals surface area contributed by atoms with Crippen LogP contribution in [0, 0.1) is 5.92 Å². The maximum Gasteiger partial charge on any atom is 0.00148 e. The molecule has 0 radical (unpaired) electrons. The first-order chi connectivity index (χ1) is 4.83. The van der Waals surface area contributed by atoms with Crippen LogP contribution in [0.25, 0.3) is 0 Å².